The summed E-state index contributed by atoms with van der Waals surface area (Å²) in [7, 11) is 0. The van der Waals surface area contributed by atoms with Crippen LogP contribution in [0.3, 0.4) is 0 Å². The Morgan fingerprint density at radius 2 is 1.89 bits per heavy atom. The van der Waals surface area contributed by atoms with Crippen LogP contribution in [-0.2, 0) is 6.18 Å². The highest BCUT2D eigenvalue weighted by molar-refractivity contribution is 6.30. The maximum absolute atomic E-state index is 12.9. The third kappa shape index (κ3) is 4.26. The van der Waals surface area contributed by atoms with Gasteiger partial charge in [0.25, 0.3) is 0 Å². The van der Waals surface area contributed by atoms with Gasteiger partial charge in [-0.3, -0.25) is 0 Å². The number of nitrogens with zero attached hydrogens (tertiary/aromatic N) is 1. The number of alkyl halides is 3. The van der Waals surface area contributed by atoms with Gasteiger partial charge in [0.2, 0.25) is 12.2 Å². The second kappa shape index (κ2) is 7.25. The Morgan fingerprint density at radius 3 is 2.52 bits per heavy atom. The molecule has 0 bridgehead atoms. The van der Waals surface area contributed by atoms with Crippen molar-refractivity contribution in [2.75, 3.05) is 0 Å². The van der Waals surface area contributed by atoms with Gasteiger partial charge in [0.1, 0.15) is 11.5 Å². The lowest BCUT2D eigenvalue weighted by Gasteiger charge is -2.17. The predicted octanol–water partition coefficient (Wildman–Crippen LogP) is 5.70. The summed E-state index contributed by atoms with van der Waals surface area (Å²) in [4.78, 5) is 4.27. The standard InChI is InChI=1S/C19H15ClF3NO3/c1-10-11(2)26-17(24-10)15-9-14(20)6-7-16(15)27-18(25)12-4-3-5-13(8-12)19(21,22)23/h3-9,18,25H,1-2H3. The van der Waals surface area contributed by atoms with E-state index in [2.05, 4.69) is 4.98 Å². The fourth-order valence-corrected chi connectivity index (χ4v) is 2.59. The largest absolute Gasteiger partial charge is 0.460 e. The summed E-state index contributed by atoms with van der Waals surface area (Å²) in [6, 6.07) is 8.86. The molecule has 0 radical (unpaired) electrons. The molecule has 0 aliphatic heterocycles. The number of rotatable bonds is 4. The molecule has 0 spiro atoms. The van der Waals surface area contributed by atoms with Crippen molar-refractivity contribution in [3.8, 4) is 17.2 Å². The zero-order valence-corrected chi connectivity index (χ0v) is 15.1. The number of aryl methyl sites for hydroxylation is 2. The SMILES string of the molecule is Cc1nc(-c2cc(Cl)ccc2OC(O)c2cccc(C(F)(F)F)c2)oc1C. The van der Waals surface area contributed by atoms with Crippen molar-refractivity contribution in [3.05, 3.63) is 70.1 Å². The fourth-order valence-electron chi connectivity index (χ4n) is 2.42. The first kappa shape index (κ1) is 19.3. The van der Waals surface area contributed by atoms with Gasteiger partial charge in [-0.05, 0) is 44.2 Å². The van der Waals surface area contributed by atoms with Crippen LogP contribution in [0.2, 0.25) is 5.02 Å². The summed E-state index contributed by atoms with van der Waals surface area (Å²) in [5.74, 6) is 1.01. The molecule has 1 N–H and O–H groups in total. The maximum atomic E-state index is 12.9. The minimum atomic E-state index is -4.52. The van der Waals surface area contributed by atoms with Crippen molar-refractivity contribution < 1.29 is 27.4 Å². The third-order valence-corrected chi connectivity index (χ3v) is 4.17. The van der Waals surface area contributed by atoms with Crippen molar-refractivity contribution in [1.82, 2.24) is 4.98 Å². The lowest BCUT2D eigenvalue weighted by atomic mass is 10.1. The minimum absolute atomic E-state index is 0.0366. The number of aliphatic hydroxyl groups excluding tert-OH is 1. The van der Waals surface area contributed by atoms with E-state index >= 15 is 0 Å². The zero-order valence-electron chi connectivity index (χ0n) is 14.3. The Morgan fingerprint density at radius 1 is 1.15 bits per heavy atom. The van der Waals surface area contributed by atoms with Gasteiger partial charge in [-0.15, -0.1) is 0 Å². The van der Waals surface area contributed by atoms with Crippen LogP contribution in [0.4, 0.5) is 13.2 Å². The third-order valence-electron chi connectivity index (χ3n) is 3.94. The molecule has 142 valence electrons. The number of hydrogen-bond donors (Lipinski definition) is 1. The number of aromatic nitrogens is 1. The lowest BCUT2D eigenvalue weighted by molar-refractivity contribution is -0.137. The molecule has 0 aliphatic carbocycles. The van der Waals surface area contributed by atoms with Gasteiger partial charge in [0.15, 0.2) is 0 Å². The molecule has 27 heavy (non-hydrogen) atoms. The van der Waals surface area contributed by atoms with Crippen molar-refractivity contribution in [2.24, 2.45) is 0 Å². The van der Waals surface area contributed by atoms with Crippen LogP contribution >= 0.6 is 11.6 Å². The first-order chi connectivity index (χ1) is 12.6. The molecule has 1 aromatic heterocycles. The quantitative estimate of drug-likeness (QED) is 0.574. The molecule has 4 nitrogen and oxygen atoms in total. The minimum Gasteiger partial charge on any atom is -0.460 e. The second-order valence-electron chi connectivity index (χ2n) is 5.89. The molecule has 1 unspecified atom stereocenters. The van der Waals surface area contributed by atoms with Crippen LogP contribution in [0.25, 0.3) is 11.5 Å². The van der Waals surface area contributed by atoms with Crippen molar-refractivity contribution in [2.45, 2.75) is 26.3 Å². The number of halogens is 4. The van der Waals surface area contributed by atoms with Gasteiger partial charge in [0.05, 0.1) is 16.8 Å². The molecule has 0 saturated heterocycles. The molecule has 1 heterocycles. The van der Waals surface area contributed by atoms with Crippen LogP contribution in [0.1, 0.15) is 28.9 Å². The van der Waals surface area contributed by atoms with Gasteiger partial charge in [-0.25, -0.2) is 4.98 Å². The molecule has 0 aliphatic rings. The average Bonchev–Trinajstić information content (AvgIpc) is 2.94. The lowest BCUT2D eigenvalue weighted by Crippen LogP contribution is -2.10. The Kier molecular flexibility index (Phi) is 5.17. The molecule has 1 atom stereocenters. The molecule has 3 rings (SSSR count). The summed E-state index contributed by atoms with van der Waals surface area (Å²) in [6.07, 6.45) is -6.14. The van der Waals surface area contributed by atoms with Gasteiger partial charge in [0, 0.05) is 10.6 Å². The topological polar surface area (TPSA) is 55.5 Å². The number of ether oxygens (including phenoxy) is 1. The number of hydrogen-bond acceptors (Lipinski definition) is 4. The first-order valence-electron chi connectivity index (χ1n) is 7.91. The summed E-state index contributed by atoms with van der Waals surface area (Å²) >= 11 is 6.03. The van der Waals surface area contributed by atoms with E-state index in [1.165, 1.54) is 24.3 Å². The van der Waals surface area contributed by atoms with Gasteiger partial charge in [-0.1, -0.05) is 23.7 Å². The number of benzene rings is 2. The van der Waals surface area contributed by atoms with Crippen LogP contribution in [0.5, 0.6) is 5.75 Å². The molecule has 8 heteroatoms. The van der Waals surface area contributed by atoms with Gasteiger partial charge < -0.3 is 14.3 Å². The number of aliphatic hydroxyl groups is 1. The monoisotopic (exact) mass is 397 g/mol. The molecular weight excluding hydrogens is 383 g/mol. The van der Waals surface area contributed by atoms with Crippen LogP contribution in [-0.4, -0.2) is 10.1 Å². The zero-order chi connectivity index (χ0) is 19.8. The Labute approximate surface area is 158 Å². The number of oxazole rings is 1. The highest BCUT2D eigenvalue weighted by atomic mass is 35.5. The maximum Gasteiger partial charge on any atom is 0.416 e. The van der Waals surface area contributed by atoms with Gasteiger partial charge >= 0.3 is 6.18 Å². The van der Waals surface area contributed by atoms with Crippen LogP contribution in [0, 0.1) is 13.8 Å². The van der Waals surface area contributed by atoms with Crippen LogP contribution in [0.15, 0.2) is 46.9 Å². The first-order valence-corrected chi connectivity index (χ1v) is 8.29. The fraction of sp³-hybridized carbons (Fsp3) is 0.211. The van der Waals surface area contributed by atoms with Crippen molar-refractivity contribution in [3.63, 3.8) is 0 Å². The van der Waals surface area contributed by atoms with E-state index in [1.807, 2.05) is 0 Å². The normalized spacial score (nSPS) is 12.9. The Bertz CT molecular complexity index is 950. The van der Waals surface area contributed by atoms with E-state index in [9.17, 15) is 18.3 Å². The molecule has 0 saturated carbocycles. The van der Waals surface area contributed by atoms with E-state index in [0.29, 0.717) is 22.0 Å². The summed E-state index contributed by atoms with van der Waals surface area (Å²) in [5, 5.41) is 10.7. The van der Waals surface area contributed by atoms with E-state index in [4.69, 9.17) is 20.8 Å². The van der Waals surface area contributed by atoms with Crippen LogP contribution < -0.4 is 4.74 Å². The highest BCUT2D eigenvalue weighted by Crippen LogP contribution is 2.36. The van der Waals surface area contributed by atoms with Crippen molar-refractivity contribution in [1.29, 1.82) is 0 Å². The summed E-state index contributed by atoms with van der Waals surface area (Å²) in [6.45, 7) is 3.51. The van der Waals surface area contributed by atoms with E-state index in [0.717, 1.165) is 12.1 Å². The smallest absolute Gasteiger partial charge is 0.416 e. The second-order valence-corrected chi connectivity index (χ2v) is 6.33. The van der Waals surface area contributed by atoms with E-state index < -0.39 is 18.0 Å². The molecular formula is C19H15ClF3NO3. The van der Waals surface area contributed by atoms with Gasteiger partial charge in [-0.2, -0.15) is 13.2 Å². The predicted molar refractivity (Wildman–Crippen MR) is 93.5 cm³/mol. The van der Waals surface area contributed by atoms with Crippen molar-refractivity contribution >= 4 is 11.6 Å². The molecule has 0 fully saturated rings. The summed E-state index contributed by atoms with van der Waals surface area (Å²) < 4.78 is 49.7. The average molecular weight is 398 g/mol. The summed E-state index contributed by atoms with van der Waals surface area (Å²) in [5.41, 5.74) is 0.141. The molecule has 0 amide bonds. The van der Waals surface area contributed by atoms with E-state index in [1.54, 1.807) is 19.9 Å². The molecule has 3 aromatic rings. The Balaban J connectivity index is 1.94. The molecule has 2 aromatic carbocycles. The Hall–Kier alpha value is -2.51. The highest BCUT2D eigenvalue weighted by Gasteiger charge is 2.31. The van der Waals surface area contributed by atoms with E-state index in [-0.39, 0.29) is 17.2 Å².